The van der Waals surface area contributed by atoms with Crippen molar-refractivity contribution in [1.82, 2.24) is 9.55 Å². The molecule has 1 aromatic rings. The van der Waals surface area contributed by atoms with E-state index >= 15 is 0 Å². The van der Waals surface area contributed by atoms with E-state index in [1.54, 1.807) is 0 Å². The van der Waals surface area contributed by atoms with Crippen molar-refractivity contribution >= 4 is 5.82 Å². The van der Waals surface area contributed by atoms with Crippen LogP contribution in [0.1, 0.15) is 63.9 Å². The Bertz CT molecular complexity index is 373. The third kappa shape index (κ3) is 2.08. The molecule has 2 rings (SSSR count). The number of rotatable bonds is 4. The number of nitrogens with zero attached hydrogens (tertiary/aromatic N) is 2. The van der Waals surface area contributed by atoms with E-state index in [1.165, 1.54) is 18.7 Å². The van der Waals surface area contributed by atoms with Crippen LogP contribution in [-0.4, -0.2) is 9.55 Å². The second-order valence-electron chi connectivity index (χ2n) is 5.67. The average Bonchev–Trinajstić information content (AvgIpc) is 2.94. The summed E-state index contributed by atoms with van der Waals surface area (Å²) in [5, 5.41) is 0. The second kappa shape index (κ2) is 4.11. The maximum atomic E-state index is 6.22. The van der Waals surface area contributed by atoms with Crippen LogP contribution in [0.2, 0.25) is 0 Å². The highest BCUT2D eigenvalue weighted by Gasteiger charge is 2.31. The van der Waals surface area contributed by atoms with Crippen LogP contribution in [0, 0.1) is 5.92 Å². The number of anilines is 1. The van der Waals surface area contributed by atoms with Crippen LogP contribution in [0.25, 0.3) is 0 Å². The van der Waals surface area contributed by atoms with E-state index in [-0.39, 0.29) is 0 Å². The molecule has 1 heterocycles. The van der Waals surface area contributed by atoms with Crippen LogP contribution in [0.15, 0.2) is 0 Å². The highest BCUT2D eigenvalue weighted by atomic mass is 15.2. The van der Waals surface area contributed by atoms with Gasteiger partial charge >= 0.3 is 0 Å². The van der Waals surface area contributed by atoms with Gasteiger partial charge in [0.2, 0.25) is 0 Å². The molecular formula is C13H23N3. The fourth-order valence-electron chi connectivity index (χ4n) is 2.14. The van der Waals surface area contributed by atoms with E-state index < -0.39 is 0 Å². The Morgan fingerprint density at radius 3 is 2.38 bits per heavy atom. The third-order valence-corrected chi connectivity index (χ3v) is 3.10. The number of nitrogens with two attached hydrogens (primary N) is 1. The molecule has 1 fully saturated rings. The van der Waals surface area contributed by atoms with Gasteiger partial charge in [-0.2, -0.15) is 0 Å². The van der Waals surface area contributed by atoms with E-state index in [2.05, 4.69) is 32.3 Å². The molecule has 1 aliphatic rings. The van der Waals surface area contributed by atoms with Crippen LogP contribution in [0.5, 0.6) is 0 Å². The van der Waals surface area contributed by atoms with Gasteiger partial charge in [-0.1, -0.05) is 27.7 Å². The van der Waals surface area contributed by atoms with E-state index in [0.717, 1.165) is 18.1 Å². The monoisotopic (exact) mass is 221 g/mol. The molecule has 0 radical (unpaired) electrons. The molecule has 0 spiro atoms. The largest absolute Gasteiger partial charge is 0.384 e. The highest BCUT2D eigenvalue weighted by molar-refractivity contribution is 5.41. The summed E-state index contributed by atoms with van der Waals surface area (Å²) in [6.45, 7) is 9.78. The van der Waals surface area contributed by atoms with Crippen LogP contribution >= 0.6 is 0 Å². The minimum atomic E-state index is 0.422. The van der Waals surface area contributed by atoms with Gasteiger partial charge in [0.1, 0.15) is 11.6 Å². The first kappa shape index (κ1) is 11.5. The molecule has 90 valence electrons. The topological polar surface area (TPSA) is 43.8 Å². The minimum absolute atomic E-state index is 0.422. The molecule has 2 N–H and O–H groups in total. The lowest BCUT2D eigenvalue weighted by Gasteiger charge is -2.12. The molecular weight excluding hydrogens is 198 g/mol. The van der Waals surface area contributed by atoms with Crippen LogP contribution in [0.3, 0.4) is 0 Å². The predicted octanol–water partition coefficient (Wildman–Crippen LogP) is 3.12. The van der Waals surface area contributed by atoms with E-state index in [0.29, 0.717) is 17.8 Å². The minimum Gasteiger partial charge on any atom is -0.384 e. The molecule has 0 bridgehead atoms. The van der Waals surface area contributed by atoms with Crippen molar-refractivity contribution in [3.8, 4) is 0 Å². The number of hydrogen-bond acceptors (Lipinski definition) is 2. The zero-order valence-electron chi connectivity index (χ0n) is 10.8. The van der Waals surface area contributed by atoms with Crippen LogP contribution in [0.4, 0.5) is 5.82 Å². The van der Waals surface area contributed by atoms with Gasteiger partial charge in [-0.25, -0.2) is 4.98 Å². The quantitative estimate of drug-likeness (QED) is 0.849. The molecule has 3 nitrogen and oxygen atoms in total. The maximum absolute atomic E-state index is 6.22. The van der Waals surface area contributed by atoms with Crippen molar-refractivity contribution in [3.05, 3.63) is 11.5 Å². The first-order chi connectivity index (χ1) is 7.50. The molecule has 16 heavy (non-hydrogen) atoms. The van der Waals surface area contributed by atoms with Crippen molar-refractivity contribution in [2.45, 2.75) is 58.9 Å². The standard InChI is InChI=1S/C13H23N3/c1-8(2)7-16-12(14)11(9(3)4)15-13(16)10-5-6-10/h8-10H,5-7,14H2,1-4H3. The Morgan fingerprint density at radius 2 is 1.94 bits per heavy atom. The third-order valence-electron chi connectivity index (χ3n) is 3.10. The first-order valence-corrected chi connectivity index (χ1v) is 6.36. The number of imidazole rings is 1. The zero-order chi connectivity index (χ0) is 11.9. The Hall–Kier alpha value is -0.990. The van der Waals surface area contributed by atoms with Gasteiger partial charge in [-0.15, -0.1) is 0 Å². The summed E-state index contributed by atoms with van der Waals surface area (Å²) in [6, 6.07) is 0. The maximum Gasteiger partial charge on any atom is 0.127 e. The molecule has 3 heteroatoms. The van der Waals surface area contributed by atoms with Crippen LogP contribution < -0.4 is 5.73 Å². The highest BCUT2D eigenvalue weighted by Crippen LogP contribution is 2.41. The van der Waals surface area contributed by atoms with Crippen molar-refractivity contribution in [3.63, 3.8) is 0 Å². The molecule has 1 aliphatic carbocycles. The molecule has 0 atom stereocenters. The van der Waals surface area contributed by atoms with E-state index in [1.807, 2.05) is 0 Å². The summed E-state index contributed by atoms with van der Waals surface area (Å²) < 4.78 is 2.25. The smallest absolute Gasteiger partial charge is 0.127 e. The zero-order valence-corrected chi connectivity index (χ0v) is 10.8. The van der Waals surface area contributed by atoms with E-state index in [9.17, 15) is 0 Å². The summed E-state index contributed by atoms with van der Waals surface area (Å²) in [5.74, 6) is 3.84. The van der Waals surface area contributed by atoms with E-state index in [4.69, 9.17) is 10.7 Å². The first-order valence-electron chi connectivity index (χ1n) is 6.36. The molecule has 0 aliphatic heterocycles. The summed E-state index contributed by atoms with van der Waals surface area (Å²) in [5.41, 5.74) is 7.31. The number of aromatic nitrogens is 2. The molecule has 0 amide bonds. The summed E-state index contributed by atoms with van der Waals surface area (Å²) in [7, 11) is 0. The van der Waals surface area contributed by atoms with Gasteiger partial charge in [-0.05, 0) is 24.7 Å². The molecule has 0 unspecified atom stereocenters. The predicted molar refractivity (Wildman–Crippen MR) is 67.5 cm³/mol. The summed E-state index contributed by atoms with van der Waals surface area (Å²) >= 11 is 0. The van der Waals surface area contributed by atoms with Gasteiger partial charge in [0.05, 0.1) is 5.69 Å². The fraction of sp³-hybridized carbons (Fsp3) is 0.769. The fourth-order valence-corrected chi connectivity index (χ4v) is 2.14. The van der Waals surface area contributed by atoms with Crippen molar-refractivity contribution in [1.29, 1.82) is 0 Å². The Kier molecular flexibility index (Phi) is 2.96. The normalized spacial score (nSPS) is 16.4. The van der Waals surface area contributed by atoms with Crippen LogP contribution in [-0.2, 0) is 6.54 Å². The molecule has 1 saturated carbocycles. The van der Waals surface area contributed by atoms with Gasteiger partial charge in [-0.3, -0.25) is 0 Å². The van der Waals surface area contributed by atoms with Gasteiger partial charge in [0.15, 0.2) is 0 Å². The van der Waals surface area contributed by atoms with Crippen molar-refractivity contribution < 1.29 is 0 Å². The molecule has 1 aromatic heterocycles. The summed E-state index contributed by atoms with van der Waals surface area (Å²) in [4.78, 5) is 4.76. The Balaban J connectivity index is 2.37. The van der Waals surface area contributed by atoms with Gasteiger partial charge in [0, 0.05) is 12.5 Å². The number of hydrogen-bond donors (Lipinski definition) is 1. The lowest BCUT2D eigenvalue weighted by atomic mass is 10.1. The lowest BCUT2D eigenvalue weighted by Crippen LogP contribution is -2.11. The van der Waals surface area contributed by atoms with Crippen molar-refractivity contribution in [2.75, 3.05) is 5.73 Å². The van der Waals surface area contributed by atoms with Gasteiger partial charge in [0.25, 0.3) is 0 Å². The lowest BCUT2D eigenvalue weighted by molar-refractivity contribution is 0.511. The molecule has 0 aromatic carbocycles. The number of nitrogen functional groups attached to an aromatic ring is 1. The van der Waals surface area contributed by atoms with Gasteiger partial charge < -0.3 is 10.3 Å². The average molecular weight is 221 g/mol. The SMILES string of the molecule is CC(C)Cn1c(C2CC2)nc(C(C)C)c1N. The summed E-state index contributed by atoms with van der Waals surface area (Å²) in [6.07, 6.45) is 2.57. The Morgan fingerprint density at radius 1 is 1.31 bits per heavy atom. The second-order valence-corrected chi connectivity index (χ2v) is 5.67. The molecule has 0 saturated heterocycles. The Labute approximate surface area is 98.1 Å². The van der Waals surface area contributed by atoms with Crippen molar-refractivity contribution in [2.24, 2.45) is 5.92 Å².